The van der Waals surface area contributed by atoms with Gasteiger partial charge >= 0.3 is 6.18 Å². The molecule has 0 spiro atoms. The Kier molecular flexibility index (Phi) is 5.75. The molecular formula is C27H26F3N3O2. The highest BCUT2D eigenvalue weighted by Crippen LogP contribution is 2.33. The van der Waals surface area contributed by atoms with Crippen LogP contribution < -0.4 is 4.74 Å². The SMILES string of the molecule is CCc1cc(C(F)(F)F)ccc1C(=O)N1CCOc2ccc(-c3ccc4nc(C)[nH]c4c3)cc2C1.[HH]. The maximum atomic E-state index is 13.4. The van der Waals surface area contributed by atoms with Crippen LogP contribution in [0.2, 0.25) is 0 Å². The predicted octanol–water partition coefficient (Wildman–Crippen LogP) is 6.40. The molecule has 0 saturated carbocycles. The van der Waals surface area contributed by atoms with Crippen LogP contribution in [-0.4, -0.2) is 33.9 Å². The summed E-state index contributed by atoms with van der Waals surface area (Å²) in [4.78, 5) is 22.7. The summed E-state index contributed by atoms with van der Waals surface area (Å²) in [6.07, 6.45) is -4.12. The van der Waals surface area contributed by atoms with E-state index in [1.165, 1.54) is 6.07 Å². The predicted molar refractivity (Wildman–Crippen MR) is 129 cm³/mol. The lowest BCUT2D eigenvalue weighted by molar-refractivity contribution is -0.137. The summed E-state index contributed by atoms with van der Waals surface area (Å²) in [5.41, 5.74) is 4.58. The smallest absolute Gasteiger partial charge is 0.416 e. The van der Waals surface area contributed by atoms with E-state index in [-0.39, 0.29) is 7.33 Å². The number of H-pyrrole nitrogens is 1. The lowest BCUT2D eigenvalue weighted by atomic mass is 9.99. The highest BCUT2D eigenvalue weighted by atomic mass is 19.4. The van der Waals surface area contributed by atoms with E-state index in [0.29, 0.717) is 43.0 Å². The second-order valence-corrected chi connectivity index (χ2v) is 8.68. The number of carbonyl (C=O) groups is 1. The zero-order valence-corrected chi connectivity index (χ0v) is 19.4. The maximum absolute atomic E-state index is 13.4. The minimum Gasteiger partial charge on any atom is -0.491 e. The molecule has 1 amide bonds. The number of imidazole rings is 1. The number of nitrogens with one attached hydrogen (secondary N) is 1. The van der Waals surface area contributed by atoms with Gasteiger partial charge in [0, 0.05) is 19.1 Å². The first-order valence-electron chi connectivity index (χ1n) is 11.4. The highest BCUT2D eigenvalue weighted by Gasteiger charge is 2.32. The molecule has 1 aliphatic rings. The molecule has 1 N–H and O–H groups in total. The molecular weight excluding hydrogens is 455 g/mol. The van der Waals surface area contributed by atoms with E-state index in [1.807, 2.05) is 43.3 Å². The molecule has 35 heavy (non-hydrogen) atoms. The zero-order chi connectivity index (χ0) is 24.7. The van der Waals surface area contributed by atoms with E-state index in [0.717, 1.165) is 45.7 Å². The van der Waals surface area contributed by atoms with Crippen molar-refractivity contribution < 1.29 is 24.1 Å². The lowest BCUT2D eigenvalue weighted by Crippen LogP contribution is -2.33. The summed E-state index contributed by atoms with van der Waals surface area (Å²) < 4.78 is 45.4. The second kappa shape index (κ2) is 8.76. The monoisotopic (exact) mass is 481 g/mol. The first-order valence-corrected chi connectivity index (χ1v) is 11.4. The summed E-state index contributed by atoms with van der Waals surface area (Å²) in [7, 11) is 0. The molecule has 3 aromatic carbocycles. The largest absolute Gasteiger partial charge is 0.491 e. The zero-order valence-electron chi connectivity index (χ0n) is 19.4. The minimum absolute atomic E-state index is 0. The molecule has 0 fully saturated rings. The number of rotatable bonds is 3. The van der Waals surface area contributed by atoms with Gasteiger partial charge in [-0.15, -0.1) is 0 Å². The van der Waals surface area contributed by atoms with Gasteiger partial charge in [0.05, 0.1) is 23.1 Å². The summed E-state index contributed by atoms with van der Waals surface area (Å²) >= 11 is 0. The van der Waals surface area contributed by atoms with Gasteiger partial charge in [0.1, 0.15) is 18.2 Å². The van der Waals surface area contributed by atoms with Crippen LogP contribution in [0, 0.1) is 6.92 Å². The van der Waals surface area contributed by atoms with Crippen LogP contribution in [0.5, 0.6) is 5.75 Å². The molecule has 0 aliphatic carbocycles. The standard InChI is InChI=1S/C27H24F3N3O2.H2/c1-3-17-13-21(27(28,29)30)6-7-22(17)26(34)33-10-11-35-25-9-5-18(12-20(25)15-33)19-4-8-23-24(14-19)32-16(2)31-23;/h4-9,12-14H,3,10-11,15H2,1-2H3,(H,31,32);1H. The fourth-order valence-corrected chi connectivity index (χ4v) is 4.51. The Morgan fingerprint density at radius 1 is 1.11 bits per heavy atom. The third kappa shape index (κ3) is 4.48. The van der Waals surface area contributed by atoms with Crippen LogP contribution in [-0.2, 0) is 19.1 Å². The molecule has 0 radical (unpaired) electrons. The lowest BCUT2D eigenvalue weighted by Gasteiger charge is -2.22. The van der Waals surface area contributed by atoms with E-state index in [9.17, 15) is 18.0 Å². The van der Waals surface area contributed by atoms with Crippen LogP contribution in [0.15, 0.2) is 54.6 Å². The van der Waals surface area contributed by atoms with Gasteiger partial charge in [0.25, 0.3) is 5.91 Å². The van der Waals surface area contributed by atoms with Crippen molar-refractivity contribution in [1.29, 1.82) is 0 Å². The first-order chi connectivity index (χ1) is 16.7. The van der Waals surface area contributed by atoms with Crippen molar-refractivity contribution in [3.63, 3.8) is 0 Å². The molecule has 2 heterocycles. The summed E-state index contributed by atoms with van der Waals surface area (Å²) in [6, 6.07) is 15.2. The topological polar surface area (TPSA) is 58.2 Å². The maximum Gasteiger partial charge on any atom is 0.416 e. The molecule has 0 saturated heterocycles. The number of aromatic nitrogens is 2. The minimum atomic E-state index is -4.45. The number of hydrogen-bond acceptors (Lipinski definition) is 3. The molecule has 1 aromatic heterocycles. The number of hydrogen-bond donors (Lipinski definition) is 1. The number of ether oxygens (including phenoxy) is 1. The van der Waals surface area contributed by atoms with Gasteiger partial charge in [-0.2, -0.15) is 13.2 Å². The first kappa shape index (κ1) is 23.0. The molecule has 8 heteroatoms. The Hall–Kier alpha value is -3.81. The van der Waals surface area contributed by atoms with E-state index in [1.54, 1.807) is 11.8 Å². The Bertz CT molecular complexity index is 1430. The number of aryl methyl sites for hydroxylation is 2. The highest BCUT2D eigenvalue weighted by molar-refractivity contribution is 5.96. The number of halogens is 3. The Labute approximate surface area is 202 Å². The Morgan fingerprint density at radius 3 is 2.66 bits per heavy atom. The van der Waals surface area contributed by atoms with E-state index >= 15 is 0 Å². The number of alkyl halides is 3. The van der Waals surface area contributed by atoms with Crippen LogP contribution in [0.25, 0.3) is 22.2 Å². The molecule has 5 nitrogen and oxygen atoms in total. The van der Waals surface area contributed by atoms with Crippen LogP contribution in [0.4, 0.5) is 13.2 Å². The van der Waals surface area contributed by atoms with Crippen molar-refractivity contribution >= 4 is 16.9 Å². The number of benzene rings is 3. The third-order valence-corrected chi connectivity index (χ3v) is 6.31. The van der Waals surface area contributed by atoms with Gasteiger partial charge in [0.15, 0.2) is 0 Å². The van der Waals surface area contributed by atoms with Crippen molar-refractivity contribution in [1.82, 2.24) is 14.9 Å². The van der Waals surface area contributed by atoms with Gasteiger partial charge in [0.2, 0.25) is 0 Å². The summed E-state index contributed by atoms with van der Waals surface area (Å²) in [5, 5.41) is 0. The van der Waals surface area contributed by atoms with Crippen molar-refractivity contribution in [2.45, 2.75) is 33.0 Å². The summed E-state index contributed by atoms with van der Waals surface area (Å²) in [6.45, 7) is 4.60. The molecule has 4 aromatic rings. The Morgan fingerprint density at radius 2 is 1.89 bits per heavy atom. The molecule has 0 bridgehead atoms. The van der Waals surface area contributed by atoms with Gasteiger partial charge in [-0.05, 0) is 72.5 Å². The average molecular weight is 482 g/mol. The Balaban J connectivity index is 0.00000304. The molecule has 1 aliphatic heterocycles. The van der Waals surface area contributed by atoms with Crippen molar-refractivity contribution in [3.8, 4) is 16.9 Å². The number of aromatic amines is 1. The second-order valence-electron chi connectivity index (χ2n) is 8.68. The van der Waals surface area contributed by atoms with E-state index < -0.39 is 11.7 Å². The quantitative estimate of drug-likeness (QED) is 0.368. The fraction of sp³-hybridized carbons (Fsp3) is 0.259. The van der Waals surface area contributed by atoms with Crippen molar-refractivity contribution in [2.75, 3.05) is 13.2 Å². The number of nitrogens with zero attached hydrogens (tertiary/aromatic N) is 2. The third-order valence-electron chi connectivity index (χ3n) is 6.31. The van der Waals surface area contributed by atoms with Crippen molar-refractivity contribution in [3.05, 3.63) is 82.7 Å². The number of fused-ring (bicyclic) bond motifs is 2. The van der Waals surface area contributed by atoms with Crippen LogP contribution >= 0.6 is 0 Å². The van der Waals surface area contributed by atoms with E-state index in [2.05, 4.69) is 9.97 Å². The van der Waals surface area contributed by atoms with Crippen LogP contribution in [0.1, 0.15) is 41.2 Å². The van der Waals surface area contributed by atoms with Gasteiger partial charge in [-0.3, -0.25) is 4.79 Å². The van der Waals surface area contributed by atoms with Gasteiger partial charge in [-0.1, -0.05) is 19.1 Å². The van der Waals surface area contributed by atoms with E-state index in [4.69, 9.17) is 4.74 Å². The molecule has 0 atom stereocenters. The fourth-order valence-electron chi connectivity index (χ4n) is 4.51. The van der Waals surface area contributed by atoms with Crippen molar-refractivity contribution in [2.24, 2.45) is 0 Å². The molecule has 182 valence electrons. The van der Waals surface area contributed by atoms with Crippen LogP contribution in [0.3, 0.4) is 0 Å². The molecule has 0 unspecified atom stereocenters. The average Bonchev–Trinajstić information content (AvgIpc) is 3.08. The number of amides is 1. The summed E-state index contributed by atoms with van der Waals surface area (Å²) in [5.74, 6) is 1.24. The van der Waals surface area contributed by atoms with Gasteiger partial charge in [-0.25, -0.2) is 4.98 Å². The molecule has 5 rings (SSSR count). The van der Waals surface area contributed by atoms with Gasteiger partial charge < -0.3 is 14.6 Å². The number of carbonyl (C=O) groups excluding carboxylic acids is 1. The normalized spacial score (nSPS) is 13.9.